The van der Waals surface area contributed by atoms with Gasteiger partial charge in [0.05, 0.1) is 11.2 Å². The molecular weight excluding hydrogens is 333 g/mol. The number of hydrogen-bond donors (Lipinski definition) is 0. The monoisotopic (exact) mass is 349 g/mol. The van der Waals surface area contributed by atoms with Crippen LogP contribution in [0.5, 0.6) is 0 Å². The summed E-state index contributed by atoms with van der Waals surface area (Å²) < 4.78 is 15.0. The first kappa shape index (κ1) is 15.8. The fourth-order valence-corrected chi connectivity index (χ4v) is 3.74. The van der Waals surface area contributed by atoms with Crippen molar-refractivity contribution in [1.29, 1.82) is 0 Å². The third-order valence-corrected chi connectivity index (χ3v) is 5.16. The Morgan fingerprint density at radius 3 is 2.68 bits per heavy atom. The van der Waals surface area contributed by atoms with E-state index in [4.69, 9.17) is 0 Å². The number of halogens is 1. The van der Waals surface area contributed by atoms with Crippen molar-refractivity contribution in [2.24, 2.45) is 0 Å². The van der Waals surface area contributed by atoms with Crippen molar-refractivity contribution in [2.75, 3.05) is 0 Å². The SMILES string of the molecule is Cc1ccccc1CSc1nccn2nc(-c3ccc(F)cc3)cc12. The van der Waals surface area contributed by atoms with Crippen molar-refractivity contribution in [3.05, 3.63) is 83.9 Å². The van der Waals surface area contributed by atoms with E-state index in [1.54, 1.807) is 30.1 Å². The molecule has 3 nitrogen and oxygen atoms in total. The Labute approximate surface area is 149 Å². The molecule has 0 aliphatic rings. The van der Waals surface area contributed by atoms with Crippen LogP contribution in [0.2, 0.25) is 0 Å². The van der Waals surface area contributed by atoms with E-state index in [2.05, 4.69) is 41.3 Å². The molecule has 5 heteroatoms. The van der Waals surface area contributed by atoms with Crippen molar-refractivity contribution in [2.45, 2.75) is 17.7 Å². The number of rotatable bonds is 4. The molecule has 0 bridgehead atoms. The summed E-state index contributed by atoms with van der Waals surface area (Å²) in [5.74, 6) is 0.611. The molecule has 2 aromatic carbocycles. The molecule has 2 heterocycles. The number of hydrogen-bond acceptors (Lipinski definition) is 3. The van der Waals surface area contributed by atoms with Gasteiger partial charge in [-0.3, -0.25) is 0 Å². The lowest BCUT2D eigenvalue weighted by molar-refractivity contribution is 0.628. The summed E-state index contributed by atoms with van der Waals surface area (Å²) in [6.45, 7) is 2.12. The van der Waals surface area contributed by atoms with Crippen molar-refractivity contribution < 1.29 is 4.39 Å². The van der Waals surface area contributed by atoms with Crippen LogP contribution in [0.25, 0.3) is 16.8 Å². The van der Waals surface area contributed by atoms with E-state index in [1.165, 1.54) is 23.3 Å². The van der Waals surface area contributed by atoms with Crippen molar-refractivity contribution in [1.82, 2.24) is 14.6 Å². The van der Waals surface area contributed by atoms with E-state index < -0.39 is 0 Å². The van der Waals surface area contributed by atoms with Crippen LogP contribution in [0, 0.1) is 12.7 Å². The van der Waals surface area contributed by atoms with Gasteiger partial charge in [0.2, 0.25) is 0 Å². The van der Waals surface area contributed by atoms with E-state index in [9.17, 15) is 4.39 Å². The highest BCUT2D eigenvalue weighted by Crippen LogP contribution is 2.28. The lowest BCUT2D eigenvalue weighted by Crippen LogP contribution is -1.92. The van der Waals surface area contributed by atoms with Gasteiger partial charge in [-0.25, -0.2) is 13.9 Å². The largest absolute Gasteiger partial charge is 0.246 e. The number of aromatic nitrogens is 3. The quantitative estimate of drug-likeness (QED) is 0.478. The first-order valence-electron chi connectivity index (χ1n) is 7.98. The first-order chi connectivity index (χ1) is 12.2. The second kappa shape index (κ2) is 6.69. The lowest BCUT2D eigenvalue weighted by atomic mass is 10.1. The zero-order chi connectivity index (χ0) is 17.2. The molecule has 0 aliphatic heterocycles. The van der Waals surface area contributed by atoms with E-state index in [0.717, 1.165) is 27.6 Å². The normalized spacial score (nSPS) is 11.1. The predicted octanol–water partition coefficient (Wildman–Crippen LogP) is 5.14. The molecule has 0 radical (unpaired) electrons. The maximum atomic E-state index is 13.1. The molecule has 0 N–H and O–H groups in total. The van der Waals surface area contributed by atoms with Gasteiger partial charge >= 0.3 is 0 Å². The molecule has 0 spiro atoms. The van der Waals surface area contributed by atoms with Crippen LogP contribution in [0.3, 0.4) is 0 Å². The number of fused-ring (bicyclic) bond motifs is 1. The van der Waals surface area contributed by atoms with Gasteiger partial charge < -0.3 is 0 Å². The Hall–Kier alpha value is -2.66. The highest BCUT2D eigenvalue weighted by atomic mass is 32.2. The molecule has 2 aromatic heterocycles. The summed E-state index contributed by atoms with van der Waals surface area (Å²) in [5, 5.41) is 5.52. The van der Waals surface area contributed by atoms with Gasteiger partial charge in [-0.15, -0.1) is 0 Å². The fraction of sp³-hybridized carbons (Fsp3) is 0.100. The van der Waals surface area contributed by atoms with E-state index in [-0.39, 0.29) is 5.82 Å². The minimum Gasteiger partial charge on any atom is -0.246 e. The van der Waals surface area contributed by atoms with Crippen LogP contribution in [0.4, 0.5) is 4.39 Å². The fourth-order valence-electron chi connectivity index (χ4n) is 2.69. The standard InChI is InChI=1S/C20H16FN3S/c1-14-4-2-3-5-16(14)13-25-20-19-12-18(23-24(19)11-10-22-20)15-6-8-17(21)9-7-15/h2-12H,13H2,1H3. The van der Waals surface area contributed by atoms with Crippen LogP contribution in [0.15, 0.2) is 72.0 Å². The Morgan fingerprint density at radius 2 is 1.88 bits per heavy atom. The lowest BCUT2D eigenvalue weighted by Gasteiger charge is -2.05. The van der Waals surface area contributed by atoms with Gasteiger partial charge in [0, 0.05) is 23.7 Å². The molecular formula is C20H16FN3S. The number of benzene rings is 2. The van der Waals surface area contributed by atoms with Crippen LogP contribution in [-0.4, -0.2) is 14.6 Å². The molecule has 0 saturated carbocycles. The number of thioether (sulfide) groups is 1. The number of aryl methyl sites for hydroxylation is 1. The maximum Gasteiger partial charge on any atom is 0.123 e. The third-order valence-electron chi connectivity index (χ3n) is 4.12. The van der Waals surface area contributed by atoms with E-state index in [0.29, 0.717) is 0 Å². The van der Waals surface area contributed by atoms with Crippen LogP contribution >= 0.6 is 11.8 Å². The van der Waals surface area contributed by atoms with Crippen LogP contribution < -0.4 is 0 Å². The summed E-state index contributed by atoms with van der Waals surface area (Å²) in [7, 11) is 0. The second-order valence-electron chi connectivity index (χ2n) is 5.81. The Morgan fingerprint density at radius 1 is 1.08 bits per heavy atom. The molecule has 25 heavy (non-hydrogen) atoms. The van der Waals surface area contributed by atoms with Gasteiger partial charge in [-0.1, -0.05) is 36.0 Å². The molecule has 0 saturated heterocycles. The zero-order valence-electron chi connectivity index (χ0n) is 13.7. The van der Waals surface area contributed by atoms with Gasteiger partial charge in [-0.2, -0.15) is 5.10 Å². The molecule has 124 valence electrons. The topological polar surface area (TPSA) is 30.2 Å². The summed E-state index contributed by atoms with van der Waals surface area (Å²) in [6, 6.07) is 16.8. The number of nitrogens with zero attached hydrogens (tertiary/aromatic N) is 3. The maximum absolute atomic E-state index is 13.1. The van der Waals surface area contributed by atoms with Gasteiger partial charge in [0.25, 0.3) is 0 Å². The second-order valence-corrected chi connectivity index (χ2v) is 6.78. The summed E-state index contributed by atoms with van der Waals surface area (Å²) in [5.41, 5.74) is 5.24. The average molecular weight is 349 g/mol. The van der Waals surface area contributed by atoms with Crippen molar-refractivity contribution >= 4 is 17.3 Å². The predicted molar refractivity (Wildman–Crippen MR) is 99.1 cm³/mol. The Bertz CT molecular complexity index is 1020. The highest BCUT2D eigenvalue weighted by molar-refractivity contribution is 7.98. The minimum atomic E-state index is -0.247. The molecule has 0 fully saturated rings. The average Bonchev–Trinajstić information content (AvgIpc) is 3.06. The van der Waals surface area contributed by atoms with Gasteiger partial charge in [-0.05, 0) is 48.4 Å². The van der Waals surface area contributed by atoms with Gasteiger partial charge in [0.15, 0.2) is 0 Å². The zero-order valence-corrected chi connectivity index (χ0v) is 14.5. The highest BCUT2D eigenvalue weighted by Gasteiger charge is 2.10. The van der Waals surface area contributed by atoms with E-state index >= 15 is 0 Å². The molecule has 0 aliphatic carbocycles. The van der Waals surface area contributed by atoms with E-state index in [1.807, 2.05) is 16.8 Å². The Kier molecular flexibility index (Phi) is 4.24. The first-order valence-corrected chi connectivity index (χ1v) is 8.97. The molecule has 4 rings (SSSR count). The van der Waals surface area contributed by atoms with Crippen molar-refractivity contribution in [3.63, 3.8) is 0 Å². The minimum absolute atomic E-state index is 0.247. The van der Waals surface area contributed by atoms with Gasteiger partial charge in [0.1, 0.15) is 10.8 Å². The molecule has 0 unspecified atom stereocenters. The van der Waals surface area contributed by atoms with Crippen LogP contribution in [-0.2, 0) is 5.75 Å². The third kappa shape index (κ3) is 3.28. The molecule has 0 amide bonds. The smallest absolute Gasteiger partial charge is 0.123 e. The summed E-state index contributed by atoms with van der Waals surface area (Å²) >= 11 is 1.70. The molecule has 0 atom stereocenters. The Balaban J connectivity index is 1.66. The van der Waals surface area contributed by atoms with Crippen molar-refractivity contribution in [3.8, 4) is 11.3 Å². The summed E-state index contributed by atoms with van der Waals surface area (Å²) in [6.07, 6.45) is 3.59. The summed E-state index contributed by atoms with van der Waals surface area (Å²) in [4.78, 5) is 4.51. The van der Waals surface area contributed by atoms with Crippen LogP contribution in [0.1, 0.15) is 11.1 Å². The molecule has 4 aromatic rings.